The number of benzene rings is 3. The topological polar surface area (TPSA) is 75.7 Å². The Balaban J connectivity index is 1.90. The average molecular weight is 439 g/mol. The number of nitrogens with zero attached hydrogens (tertiary/aromatic N) is 1. The molecule has 7 heteroatoms. The molecule has 1 N–H and O–H groups in total. The van der Waals surface area contributed by atoms with Gasteiger partial charge in [-0.1, -0.05) is 49.4 Å². The molecule has 1 atom stereocenters. The Hall–Kier alpha value is -3.32. The fourth-order valence-corrected chi connectivity index (χ4v) is 4.52. The fraction of sp³-hybridized carbons (Fsp3) is 0.208. The van der Waals surface area contributed by atoms with E-state index in [0.717, 1.165) is 11.8 Å². The van der Waals surface area contributed by atoms with Crippen molar-refractivity contribution in [1.82, 2.24) is 0 Å². The molecule has 0 bridgehead atoms. The van der Waals surface area contributed by atoms with Crippen LogP contribution in [0.15, 0.2) is 78.9 Å². The first kappa shape index (κ1) is 22.4. The number of rotatable bonds is 8. The van der Waals surface area contributed by atoms with Crippen molar-refractivity contribution >= 4 is 27.3 Å². The predicted octanol–water partition coefficient (Wildman–Crippen LogP) is 4.97. The number of para-hydroxylation sites is 3. The van der Waals surface area contributed by atoms with Gasteiger partial charge in [-0.25, -0.2) is 8.42 Å². The number of sulfonamides is 1. The zero-order chi connectivity index (χ0) is 22.4. The number of ether oxygens (including phenoxy) is 1. The lowest BCUT2D eigenvalue weighted by molar-refractivity contribution is -0.117. The molecule has 31 heavy (non-hydrogen) atoms. The van der Waals surface area contributed by atoms with Crippen molar-refractivity contribution in [2.24, 2.45) is 0 Å². The molecule has 0 heterocycles. The molecule has 3 aromatic carbocycles. The first-order valence-corrected chi connectivity index (χ1v) is 11.8. The third-order valence-electron chi connectivity index (χ3n) is 4.70. The average Bonchev–Trinajstić information content (AvgIpc) is 2.73. The van der Waals surface area contributed by atoms with Gasteiger partial charge in [-0.15, -0.1) is 0 Å². The van der Waals surface area contributed by atoms with Gasteiger partial charge in [0.15, 0.2) is 5.75 Å². The van der Waals surface area contributed by atoms with E-state index in [0.29, 0.717) is 29.3 Å². The highest BCUT2D eigenvalue weighted by molar-refractivity contribution is 7.92. The van der Waals surface area contributed by atoms with Crippen LogP contribution in [-0.2, 0) is 14.8 Å². The van der Waals surface area contributed by atoms with Crippen LogP contribution in [0.4, 0.5) is 11.4 Å². The van der Waals surface area contributed by atoms with Gasteiger partial charge >= 0.3 is 0 Å². The fourth-order valence-electron chi connectivity index (χ4n) is 3.32. The zero-order valence-electron chi connectivity index (χ0n) is 17.8. The molecule has 1 amide bonds. The number of anilines is 2. The van der Waals surface area contributed by atoms with Gasteiger partial charge in [0.05, 0.1) is 17.6 Å². The summed E-state index contributed by atoms with van der Waals surface area (Å²) in [6, 6.07) is 22.5. The lowest BCUT2D eigenvalue weighted by Crippen LogP contribution is -2.47. The summed E-state index contributed by atoms with van der Waals surface area (Å²) in [5, 5.41) is 2.85. The van der Waals surface area contributed by atoms with Gasteiger partial charge in [-0.05, 0) is 55.3 Å². The van der Waals surface area contributed by atoms with E-state index in [2.05, 4.69) is 5.32 Å². The third-order valence-corrected chi connectivity index (χ3v) is 5.88. The van der Waals surface area contributed by atoms with Crippen LogP contribution < -0.4 is 14.4 Å². The summed E-state index contributed by atoms with van der Waals surface area (Å²) >= 11 is 0. The Morgan fingerprint density at radius 2 is 1.68 bits per heavy atom. The molecule has 3 rings (SSSR count). The van der Waals surface area contributed by atoms with Crippen molar-refractivity contribution in [2.45, 2.75) is 26.3 Å². The molecule has 0 radical (unpaired) electrons. The van der Waals surface area contributed by atoms with E-state index < -0.39 is 22.0 Å². The maximum Gasteiger partial charge on any atom is 0.248 e. The molecule has 0 aromatic heterocycles. The highest BCUT2D eigenvalue weighted by Gasteiger charge is 2.32. The van der Waals surface area contributed by atoms with E-state index in [1.807, 2.05) is 43.3 Å². The Kier molecular flexibility index (Phi) is 6.97. The van der Waals surface area contributed by atoms with Gasteiger partial charge in [0.2, 0.25) is 15.9 Å². The van der Waals surface area contributed by atoms with Crippen LogP contribution >= 0.6 is 0 Å². The quantitative estimate of drug-likeness (QED) is 0.539. The lowest BCUT2D eigenvalue weighted by Gasteiger charge is -2.30. The van der Waals surface area contributed by atoms with Gasteiger partial charge < -0.3 is 10.1 Å². The van der Waals surface area contributed by atoms with E-state index in [1.54, 1.807) is 49.4 Å². The molecule has 0 aliphatic carbocycles. The molecular weight excluding hydrogens is 412 g/mol. The third kappa shape index (κ3) is 5.64. The molecule has 162 valence electrons. The van der Waals surface area contributed by atoms with Crippen LogP contribution in [0.2, 0.25) is 0 Å². The second-order valence-electron chi connectivity index (χ2n) is 7.22. The summed E-state index contributed by atoms with van der Waals surface area (Å²) in [5.41, 5.74) is 1.83. The van der Waals surface area contributed by atoms with Crippen LogP contribution in [0.25, 0.3) is 0 Å². The standard InChI is InChI=1S/C24H26N2O4S/c1-4-22(26(31(3,28)29)19-12-10-11-18(2)17-19)24(27)25-21-15-8-9-16-23(21)30-20-13-6-5-7-14-20/h5-17,22H,4H2,1-3H3,(H,25,27). The second kappa shape index (κ2) is 9.66. The van der Waals surface area contributed by atoms with E-state index in [-0.39, 0.29) is 0 Å². The van der Waals surface area contributed by atoms with Crippen molar-refractivity contribution in [2.75, 3.05) is 15.9 Å². The van der Waals surface area contributed by atoms with Crippen LogP contribution in [0.3, 0.4) is 0 Å². The maximum atomic E-state index is 13.2. The van der Waals surface area contributed by atoms with Crippen molar-refractivity contribution < 1.29 is 17.9 Å². The molecule has 1 unspecified atom stereocenters. The van der Waals surface area contributed by atoms with Crippen LogP contribution in [0, 0.1) is 6.92 Å². The monoisotopic (exact) mass is 438 g/mol. The van der Waals surface area contributed by atoms with Gasteiger partial charge in [0, 0.05) is 0 Å². The zero-order valence-corrected chi connectivity index (χ0v) is 18.6. The Labute approximate surface area is 183 Å². The van der Waals surface area contributed by atoms with Crippen molar-refractivity contribution in [3.63, 3.8) is 0 Å². The second-order valence-corrected chi connectivity index (χ2v) is 9.08. The number of amides is 1. The number of carbonyl (C=O) groups excluding carboxylic acids is 1. The minimum atomic E-state index is -3.70. The van der Waals surface area contributed by atoms with Gasteiger partial charge in [0.1, 0.15) is 11.8 Å². The molecular formula is C24H26N2O4S. The normalized spacial score (nSPS) is 12.1. The Morgan fingerprint density at radius 1 is 1.00 bits per heavy atom. The number of carbonyl (C=O) groups is 1. The van der Waals surface area contributed by atoms with Crippen molar-refractivity contribution in [3.8, 4) is 11.5 Å². The smallest absolute Gasteiger partial charge is 0.248 e. The molecule has 0 aliphatic heterocycles. The lowest BCUT2D eigenvalue weighted by atomic mass is 10.1. The summed E-state index contributed by atoms with van der Waals surface area (Å²) in [5.74, 6) is 0.672. The van der Waals surface area contributed by atoms with Crippen LogP contribution in [0.1, 0.15) is 18.9 Å². The molecule has 3 aromatic rings. The minimum Gasteiger partial charge on any atom is -0.455 e. The van der Waals surface area contributed by atoms with Crippen molar-refractivity contribution in [1.29, 1.82) is 0 Å². The summed E-state index contributed by atoms with van der Waals surface area (Å²) in [7, 11) is -3.70. The summed E-state index contributed by atoms with van der Waals surface area (Å²) in [4.78, 5) is 13.2. The van der Waals surface area contributed by atoms with Gasteiger partial charge in [0.25, 0.3) is 0 Å². The molecule has 0 saturated carbocycles. The first-order valence-electron chi connectivity index (χ1n) is 9.98. The minimum absolute atomic E-state index is 0.300. The molecule has 0 aliphatic rings. The van der Waals surface area contributed by atoms with E-state index in [1.165, 1.54) is 4.31 Å². The van der Waals surface area contributed by atoms with Crippen molar-refractivity contribution in [3.05, 3.63) is 84.4 Å². The molecule has 0 spiro atoms. The largest absolute Gasteiger partial charge is 0.455 e. The summed E-state index contributed by atoms with van der Waals surface area (Å²) < 4.78 is 32.3. The first-order chi connectivity index (χ1) is 14.8. The van der Waals surface area contributed by atoms with Gasteiger partial charge in [-0.2, -0.15) is 0 Å². The van der Waals surface area contributed by atoms with E-state index >= 15 is 0 Å². The summed E-state index contributed by atoms with van der Waals surface area (Å²) in [6.07, 6.45) is 1.41. The Morgan fingerprint density at radius 3 is 2.32 bits per heavy atom. The number of hydrogen-bond donors (Lipinski definition) is 1. The highest BCUT2D eigenvalue weighted by Crippen LogP contribution is 2.30. The van der Waals surface area contributed by atoms with Crippen LogP contribution in [0.5, 0.6) is 11.5 Å². The Bertz CT molecular complexity index is 1150. The molecule has 0 fully saturated rings. The number of aryl methyl sites for hydroxylation is 1. The molecule has 6 nitrogen and oxygen atoms in total. The SMILES string of the molecule is CCC(C(=O)Nc1ccccc1Oc1ccccc1)N(c1cccc(C)c1)S(C)(=O)=O. The summed E-state index contributed by atoms with van der Waals surface area (Å²) in [6.45, 7) is 3.66. The highest BCUT2D eigenvalue weighted by atomic mass is 32.2. The maximum absolute atomic E-state index is 13.2. The predicted molar refractivity (Wildman–Crippen MR) is 124 cm³/mol. The van der Waals surface area contributed by atoms with Gasteiger partial charge in [-0.3, -0.25) is 9.10 Å². The van der Waals surface area contributed by atoms with Crippen LogP contribution in [-0.4, -0.2) is 26.6 Å². The number of hydrogen-bond acceptors (Lipinski definition) is 4. The van der Waals surface area contributed by atoms with E-state index in [4.69, 9.17) is 4.74 Å². The van der Waals surface area contributed by atoms with E-state index in [9.17, 15) is 13.2 Å². The molecule has 0 saturated heterocycles. The number of nitrogens with one attached hydrogen (secondary N) is 1.